The molecule has 0 saturated heterocycles. The summed E-state index contributed by atoms with van der Waals surface area (Å²) in [6.07, 6.45) is 0.820. The zero-order chi connectivity index (χ0) is 6.41. The van der Waals surface area contributed by atoms with Crippen molar-refractivity contribution in [2.24, 2.45) is 0 Å². The lowest BCUT2D eigenvalue weighted by molar-refractivity contribution is -0.382. The van der Waals surface area contributed by atoms with Gasteiger partial charge in [-0.15, -0.1) is 0 Å². The Kier molecular flexibility index (Phi) is 20.4. The van der Waals surface area contributed by atoms with Gasteiger partial charge < -0.3 is 36.3 Å². The first-order valence-corrected chi connectivity index (χ1v) is 3.03. The van der Waals surface area contributed by atoms with Gasteiger partial charge in [-0.3, -0.25) is 0 Å². The van der Waals surface area contributed by atoms with Gasteiger partial charge in [0.25, 0.3) is 0 Å². The maximum absolute atomic E-state index is 12.2. The van der Waals surface area contributed by atoms with Crippen LogP contribution < -0.4 is 36.3 Å². The number of alkyl halides is 1. The van der Waals surface area contributed by atoms with Crippen LogP contribution in [0.5, 0.6) is 0 Å². The van der Waals surface area contributed by atoms with Crippen molar-refractivity contribution in [1.82, 2.24) is 0 Å². The molecule has 0 aliphatic carbocycles. The lowest BCUT2D eigenvalue weighted by Crippen LogP contribution is -3.00. The fourth-order valence-corrected chi connectivity index (χ4v) is 0.510. The van der Waals surface area contributed by atoms with Crippen LogP contribution in [0.1, 0.15) is 12.8 Å². The fourth-order valence-electron chi connectivity index (χ4n) is 0.510. The molecule has 0 amide bonds. The molecule has 0 rings (SSSR count). The number of halogens is 3. The van der Waals surface area contributed by atoms with Crippen LogP contribution in [0, 0.1) is 0 Å². The Labute approximate surface area is 73.4 Å². The van der Waals surface area contributed by atoms with Crippen molar-refractivity contribution >= 4 is 0 Å². The highest BCUT2D eigenvalue weighted by atomic mass is 35.5. The third-order valence-corrected chi connectivity index (χ3v) is 1.08. The first-order chi connectivity index (χ1) is 3.81. The summed E-state index contributed by atoms with van der Waals surface area (Å²) in [7, 11) is 0. The van der Waals surface area contributed by atoms with E-state index in [1.54, 1.807) is 0 Å². The quantitative estimate of drug-likeness (QED) is 0.445. The predicted octanol–water partition coefficient (Wildman–Crippen LogP) is -7.40. The average molecular weight is 193 g/mol. The smallest absolute Gasteiger partial charge is 0.149 e. The zero-order valence-corrected chi connectivity index (χ0v) is 7.47. The van der Waals surface area contributed by atoms with Crippen LogP contribution in [-0.4, -0.2) is 19.3 Å². The molecule has 10 heavy (non-hydrogen) atoms. The summed E-state index contributed by atoms with van der Waals surface area (Å²) in [5.74, 6) is 0. The van der Waals surface area contributed by atoms with Gasteiger partial charge in [-0.25, -0.2) is 4.39 Å². The molecule has 0 heterocycles. The van der Waals surface area contributed by atoms with Gasteiger partial charge in [0.15, 0.2) is 0 Å². The van der Waals surface area contributed by atoms with Gasteiger partial charge in [-0.05, 0) is 12.8 Å². The van der Waals surface area contributed by atoms with Gasteiger partial charge in [0, 0.05) is 0 Å². The zero-order valence-electron chi connectivity index (χ0n) is 5.95. The third-order valence-electron chi connectivity index (χ3n) is 1.08. The van der Waals surface area contributed by atoms with E-state index in [1.807, 2.05) is 0 Å². The summed E-state index contributed by atoms with van der Waals surface area (Å²) in [5, 5.41) is 0. The lowest BCUT2D eigenvalue weighted by atomic mass is 10.2. The first-order valence-electron chi connectivity index (χ1n) is 3.03. The highest BCUT2D eigenvalue weighted by molar-refractivity contribution is 4.50. The average Bonchev–Trinajstić information content (AvgIpc) is 1.83. The molecule has 66 valence electrons. The van der Waals surface area contributed by atoms with Crippen molar-refractivity contribution in [2.45, 2.75) is 19.0 Å². The molecular weight excluding hydrogens is 178 g/mol. The summed E-state index contributed by atoms with van der Waals surface area (Å²) in [5.41, 5.74) is 7.05. The maximum atomic E-state index is 12.2. The van der Waals surface area contributed by atoms with E-state index in [9.17, 15) is 4.39 Å². The monoisotopic (exact) mass is 192 g/mol. The molecule has 0 aliphatic rings. The van der Waals surface area contributed by atoms with Gasteiger partial charge >= 0.3 is 0 Å². The molecular formula is C5H15Cl2FN2. The van der Waals surface area contributed by atoms with Crippen molar-refractivity contribution in [1.29, 1.82) is 0 Å². The molecule has 0 aromatic rings. The Morgan fingerprint density at radius 2 is 1.70 bits per heavy atom. The van der Waals surface area contributed by atoms with E-state index >= 15 is 0 Å². The fraction of sp³-hybridized carbons (Fsp3) is 1.00. The lowest BCUT2D eigenvalue weighted by Gasteiger charge is -1.97. The summed E-state index contributed by atoms with van der Waals surface area (Å²) < 4.78 is 12.2. The molecule has 0 radical (unpaired) electrons. The molecule has 0 fully saturated rings. The Bertz CT molecular complexity index is 56.9. The van der Waals surface area contributed by atoms with Crippen molar-refractivity contribution in [3.63, 3.8) is 0 Å². The van der Waals surface area contributed by atoms with E-state index < -0.39 is 6.17 Å². The molecule has 1 atom stereocenters. The molecule has 0 aromatic carbocycles. The van der Waals surface area contributed by atoms with Crippen LogP contribution in [-0.2, 0) is 0 Å². The van der Waals surface area contributed by atoms with Crippen LogP contribution in [0.15, 0.2) is 0 Å². The van der Waals surface area contributed by atoms with Crippen molar-refractivity contribution < 1.29 is 40.7 Å². The van der Waals surface area contributed by atoms with Crippen LogP contribution in [0.3, 0.4) is 0 Å². The van der Waals surface area contributed by atoms with E-state index in [1.165, 1.54) is 0 Å². The Morgan fingerprint density at radius 1 is 1.20 bits per heavy atom. The highest BCUT2D eigenvalue weighted by Gasteiger charge is 2.03. The van der Waals surface area contributed by atoms with E-state index in [-0.39, 0.29) is 24.8 Å². The normalized spacial score (nSPS) is 11.1. The third kappa shape index (κ3) is 11.3. The molecule has 1 unspecified atom stereocenters. The van der Waals surface area contributed by atoms with Gasteiger partial charge in [-0.2, -0.15) is 0 Å². The molecule has 0 aromatic heterocycles. The number of quaternary nitrogens is 2. The SMILES string of the molecule is [Cl-].[Cl-].[NH3+]CCCC(F)C[NH3+]. The standard InChI is InChI=1S/C5H13FN2.2ClH/c6-5(4-8)2-1-3-7;;/h5H,1-4,7-8H2;2*1H. The Hall–Kier alpha value is 0.430. The minimum Gasteiger partial charge on any atom is -1.00 e. The molecule has 6 N–H and O–H groups in total. The molecule has 5 heteroatoms. The van der Waals surface area contributed by atoms with E-state index in [0.717, 1.165) is 13.0 Å². The van der Waals surface area contributed by atoms with E-state index in [2.05, 4.69) is 11.5 Å². The second-order valence-corrected chi connectivity index (χ2v) is 1.88. The van der Waals surface area contributed by atoms with Gasteiger partial charge in [0.2, 0.25) is 0 Å². The van der Waals surface area contributed by atoms with Crippen LogP contribution in [0.4, 0.5) is 4.39 Å². The molecule has 0 bridgehead atoms. The second kappa shape index (κ2) is 12.1. The maximum Gasteiger partial charge on any atom is 0.149 e. The summed E-state index contributed by atoms with van der Waals surface area (Å²) in [4.78, 5) is 0. The predicted molar refractivity (Wildman–Crippen MR) is 29.6 cm³/mol. The van der Waals surface area contributed by atoms with Crippen molar-refractivity contribution in [3.8, 4) is 0 Å². The van der Waals surface area contributed by atoms with E-state index in [4.69, 9.17) is 0 Å². The number of hydrogen-bond acceptors (Lipinski definition) is 0. The minimum absolute atomic E-state index is 0. The van der Waals surface area contributed by atoms with Crippen molar-refractivity contribution in [3.05, 3.63) is 0 Å². The number of rotatable bonds is 4. The molecule has 2 nitrogen and oxygen atoms in total. The topological polar surface area (TPSA) is 55.3 Å². The summed E-state index contributed by atoms with van der Waals surface area (Å²) in [6, 6.07) is 0. The molecule has 0 spiro atoms. The molecule has 0 aliphatic heterocycles. The largest absolute Gasteiger partial charge is 1.00 e. The van der Waals surface area contributed by atoms with E-state index in [0.29, 0.717) is 13.0 Å². The van der Waals surface area contributed by atoms with Crippen molar-refractivity contribution in [2.75, 3.05) is 13.1 Å². The van der Waals surface area contributed by atoms with Crippen LogP contribution in [0.25, 0.3) is 0 Å². The summed E-state index contributed by atoms with van der Waals surface area (Å²) in [6.45, 7) is 1.24. The molecule has 0 saturated carbocycles. The van der Waals surface area contributed by atoms with Gasteiger partial charge in [-0.1, -0.05) is 0 Å². The highest BCUT2D eigenvalue weighted by Crippen LogP contribution is 1.95. The van der Waals surface area contributed by atoms with Gasteiger partial charge in [0.1, 0.15) is 12.7 Å². The minimum atomic E-state index is -0.697. The Morgan fingerprint density at radius 3 is 2.00 bits per heavy atom. The number of hydrogen-bond donors (Lipinski definition) is 2. The second-order valence-electron chi connectivity index (χ2n) is 1.88. The summed E-state index contributed by atoms with van der Waals surface area (Å²) >= 11 is 0. The van der Waals surface area contributed by atoms with Crippen LogP contribution >= 0.6 is 0 Å². The van der Waals surface area contributed by atoms with Crippen LogP contribution in [0.2, 0.25) is 0 Å². The Balaban J connectivity index is -0.000000245. The van der Waals surface area contributed by atoms with Gasteiger partial charge in [0.05, 0.1) is 6.54 Å². The first kappa shape index (κ1) is 16.8.